The lowest BCUT2D eigenvalue weighted by Gasteiger charge is -2.30. The molecule has 1 rings (SSSR count). The van der Waals surface area contributed by atoms with Crippen LogP contribution in [0.3, 0.4) is 0 Å². The van der Waals surface area contributed by atoms with Crippen molar-refractivity contribution in [3.63, 3.8) is 0 Å². The maximum atomic E-state index is 5.69. The molecule has 0 saturated heterocycles. The summed E-state index contributed by atoms with van der Waals surface area (Å²) < 4.78 is 5.20. The molecule has 5 nitrogen and oxygen atoms in total. The largest absolute Gasteiger partial charge is 0.481 e. The Morgan fingerprint density at radius 3 is 2.50 bits per heavy atom. The monoisotopic (exact) mass is 252 g/mol. The number of aromatic nitrogens is 2. The van der Waals surface area contributed by atoms with Gasteiger partial charge in [0.05, 0.1) is 7.11 Å². The number of rotatable bonds is 7. The van der Waals surface area contributed by atoms with Crippen LogP contribution in [0.25, 0.3) is 0 Å². The molecule has 0 aliphatic carbocycles. The molecule has 0 amide bonds. The van der Waals surface area contributed by atoms with Gasteiger partial charge in [0.25, 0.3) is 0 Å². The van der Waals surface area contributed by atoms with E-state index in [0.717, 1.165) is 25.1 Å². The van der Waals surface area contributed by atoms with Gasteiger partial charge in [0.1, 0.15) is 0 Å². The highest BCUT2D eigenvalue weighted by molar-refractivity contribution is 5.35. The third kappa shape index (κ3) is 3.57. The van der Waals surface area contributed by atoms with Gasteiger partial charge in [-0.15, -0.1) is 0 Å². The average molecular weight is 252 g/mol. The van der Waals surface area contributed by atoms with E-state index in [1.807, 2.05) is 13.0 Å². The SMILES string of the molecule is CCC(CC)N(CCN)c1nc(C)cc(OC)n1. The first-order valence-corrected chi connectivity index (χ1v) is 6.52. The average Bonchev–Trinajstić information content (AvgIpc) is 2.38. The number of nitrogens with zero attached hydrogens (tertiary/aromatic N) is 3. The van der Waals surface area contributed by atoms with Gasteiger partial charge < -0.3 is 15.4 Å². The van der Waals surface area contributed by atoms with E-state index in [2.05, 4.69) is 28.7 Å². The molecule has 0 unspecified atom stereocenters. The third-order valence-electron chi connectivity index (χ3n) is 3.04. The first kappa shape index (κ1) is 14.7. The summed E-state index contributed by atoms with van der Waals surface area (Å²) in [7, 11) is 1.62. The van der Waals surface area contributed by atoms with E-state index in [1.165, 1.54) is 0 Å². The molecular weight excluding hydrogens is 228 g/mol. The summed E-state index contributed by atoms with van der Waals surface area (Å²) in [6, 6.07) is 2.25. The minimum absolute atomic E-state index is 0.417. The molecule has 102 valence electrons. The Morgan fingerprint density at radius 2 is 2.00 bits per heavy atom. The highest BCUT2D eigenvalue weighted by Gasteiger charge is 2.18. The quantitative estimate of drug-likeness (QED) is 0.801. The zero-order valence-corrected chi connectivity index (χ0v) is 11.8. The van der Waals surface area contributed by atoms with Crippen LogP contribution in [0.5, 0.6) is 5.88 Å². The van der Waals surface area contributed by atoms with E-state index in [0.29, 0.717) is 24.4 Å². The number of anilines is 1. The van der Waals surface area contributed by atoms with Crippen molar-refractivity contribution in [1.82, 2.24) is 9.97 Å². The molecule has 5 heteroatoms. The summed E-state index contributed by atoms with van der Waals surface area (Å²) in [6.07, 6.45) is 2.10. The first-order valence-electron chi connectivity index (χ1n) is 6.52. The topological polar surface area (TPSA) is 64.3 Å². The smallest absolute Gasteiger partial charge is 0.229 e. The summed E-state index contributed by atoms with van der Waals surface area (Å²) in [5, 5.41) is 0. The highest BCUT2D eigenvalue weighted by atomic mass is 16.5. The maximum absolute atomic E-state index is 5.69. The second kappa shape index (κ2) is 7.16. The molecule has 0 radical (unpaired) electrons. The van der Waals surface area contributed by atoms with Gasteiger partial charge >= 0.3 is 0 Å². The van der Waals surface area contributed by atoms with Gasteiger partial charge in [-0.2, -0.15) is 4.98 Å². The molecule has 18 heavy (non-hydrogen) atoms. The number of ether oxygens (including phenoxy) is 1. The highest BCUT2D eigenvalue weighted by Crippen LogP contribution is 2.19. The number of nitrogens with two attached hydrogens (primary N) is 1. The molecule has 0 spiro atoms. The fourth-order valence-corrected chi connectivity index (χ4v) is 2.07. The molecule has 0 fully saturated rings. The van der Waals surface area contributed by atoms with Crippen molar-refractivity contribution >= 4 is 5.95 Å². The number of aryl methyl sites for hydroxylation is 1. The molecule has 2 N–H and O–H groups in total. The van der Waals surface area contributed by atoms with E-state index >= 15 is 0 Å². The molecule has 0 bridgehead atoms. The molecule has 1 aromatic rings. The van der Waals surface area contributed by atoms with Crippen LogP contribution in [-0.4, -0.2) is 36.2 Å². The van der Waals surface area contributed by atoms with Gasteiger partial charge in [-0.3, -0.25) is 0 Å². The van der Waals surface area contributed by atoms with Crippen LogP contribution in [0.4, 0.5) is 5.95 Å². The number of methoxy groups -OCH3 is 1. The summed E-state index contributed by atoms with van der Waals surface area (Å²) in [4.78, 5) is 11.1. The van der Waals surface area contributed by atoms with Crippen molar-refractivity contribution in [2.24, 2.45) is 5.73 Å². The van der Waals surface area contributed by atoms with Crippen molar-refractivity contribution in [3.8, 4) is 5.88 Å². The van der Waals surface area contributed by atoms with Gasteiger partial charge in [-0.25, -0.2) is 4.98 Å². The zero-order valence-electron chi connectivity index (χ0n) is 11.8. The molecule has 1 aromatic heterocycles. The molecule has 0 aromatic carbocycles. The van der Waals surface area contributed by atoms with Gasteiger partial charge in [0, 0.05) is 30.9 Å². The lowest BCUT2D eigenvalue weighted by molar-refractivity contribution is 0.395. The van der Waals surface area contributed by atoms with Crippen molar-refractivity contribution in [2.45, 2.75) is 39.7 Å². The van der Waals surface area contributed by atoms with Crippen LogP contribution < -0.4 is 15.4 Å². The van der Waals surface area contributed by atoms with Crippen LogP contribution in [0.15, 0.2) is 6.07 Å². The third-order valence-corrected chi connectivity index (χ3v) is 3.04. The lowest BCUT2D eigenvalue weighted by atomic mass is 10.1. The molecule has 1 heterocycles. The fraction of sp³-hybridized carbons (Fsp3) is 0.692. The standard InChI is InChI=1S/C13H24N4O/c1-5-11(6-2)17(8-7-14)13-15-10(3)9-12(16-13)18-4/h9,11H,5-8,14H2,1-4H3. The van der Waals surface area contributed by atoms with Crippen LogP contribution in [0.2, 0.25) is 0 Å². The first-order chi connectivity index (χ1) is 8.65. The second-order valence-corrected chi connectivity index (χ2v) is 4.30. The van der Waals surface area contributed by atoms with Gasteiger partial charge in [-0.05, 0) is 19.8 Å². The Bertz CT molecular complexity index is 366. The van der Waals surface area contributed by atoms with Gasteiger partial charge in [0.2, 0.25) is 11.8 Å². The summed E-state index contributed by atoms with van der Waals surface area (Å²) in [5.74, 6) is 1.32. The summed E-state index contributed by atoms with van der Waals surface area (Å²) in [5.41, 5.74) is 6.60. The van der Waals surface area contributed by atoms with E-state index < -0.39 is 0 Å². The normalized spacial score (nSPS) is 10.8. The fourth-order valence-electron chi connectivity index (χ4n) is 2.07. The summed E-state index contributed by atoms with van der Waals surface area (Å²) in [6.45, 7) is 7.64. The Balaban J connectivity index is 3.07. The molecular formula is C13H24N4O. The molecule has 0 aliphatic heterocycles. The van der Waals surface area contributed by atoms with Gasteiger partial charge in [0.15, 0.2) is 0 Å². The number of hydrogen-bond donors (Lipinski definition) is 1. The zero-order chi connectivity index (χ0) is 13.5. The minimum Gasteiger partial charge on any atom is -0.481 e. The Labute approximate surface area is 109 Å². The Morgan fingerprint density at radius 1 is 1.33 bits per heavy atom. The Kier molecular flexibility index (Phi) is 5.85. The van der Waals surface area contributed by atoms with Crippen LogP contribution in [0.1, 0.15) is 32.4 Å². The van der Waals surface area contributed by atoms with Crippen LogP contribution in [-0.2, 0) is 0 Å². The van der Waals surface area contributed by atoms with Crippen LogP contribution in [0, 0.1) is 6.92 Å². The van der Waals surface area contributed by atoms with Crippen molar-refractivity contribution < 1.29 is 4.74 Å². The summed E-state index contributed by atoms with van der Waals surface area (Å²) >= 11 is 0. The van der Waals surface area contributed by atoms with E-state index in [9.17, 15) is 0 Å². The van der Waals surface area contributed by atoms with E-state index in [1.54, 1.807) is 7.11 Å². The predicted octanol–water partition coefficient (Wildman–Crippen LogP) is 1.75. The Hall–Kier alpha value is -1.36. The van der Waals surface area contributed by atoms with E-state index in [4.69, 9.17) is 10.5 Å². The van der Waals surface area contributed by atoms with E-state index in [-0.39, 0.29) is 0 Å². The second-order valence-electron chi connectivity index (χ2n) is 4.30. The lowest BCUT2D eigenvalue weighted by Crippen LogP contribution is -2.39. The molecule has 0 atom stereocenters. The van der Waals surface area contributed by atoms with Crippen LogP contribution >= 0.6 is 0 Å². The maximum Gasteiger partial charge on any atom is 0.229 e. The van der Waals surface area contributed by atoms with Gasteiger partial charge in [-0.1, -0.05) is 13.8 Å². The molecule has 0 saturated carbocycles. The molecule has 0 aliphatic rings. The predicted molar refractivity (Wildman–Crippen MR) is 74.1 cm³/mol. The number of hydrogen-bond acceptors (Lipinski definition) is 5. The minimum atomic E-state index is 0.417. The van der Waals surface area contributed by atoms with Crippen molar-refractivity contribution in [1.29, 1.82) is 0 Å². The van der Waals surface area contributed by atoms with Crippen molar-refractivity contribution in [2.75, 3.05) is 25.1 Å². The van der Waals surface area contributed by atoms with Crippen molar-refractivity contribution in [3.05, 3.63) is 11.8 Å².